The molecule has 0 bridgehead atoms. The number of fused-ring (bicyclic) bond motifs is 1. The number of hydrogen-bond acceptors (Lipinski definition) is 4. The van der Waals surface area contributed by atoms with E-state index >= 15 is 0 Å². The van der Waals surface area contributed by atoms with Crippen molar-refractivity contribution in [3.8, 4) is 17.0 Å². The molecule has 5 heteroatoms. The lowest BCUT2D eigenvalue weighted by atomic mass is 9.95. The van der Waals surface area contributed by atoms with Gasteiger partial charge in [0, 0.05) is 29.4 Å². The molecule has 3 aromatic rings. The minimum Gasteiger partial charge on any atom is -0.496 e. The number of hydrogen-bond donors (Lipinski definition) is 0. The number of methoxy groups -OCH3 is 1. The van der Waals surface area contributed by atoms with Gasteiger partial charge in [0.05, 0.1) is 18.2 Å². The number of benzene rings is 1. The van der Waals surface area contributed by atoms with E-state index in [9.17, 15) is 4.79 Å². The third-order valence-electron chi connectivity index (χ3n) is 5.14. The van der Waals surface area contributed by atoms with Crippen molar-refractivity contribution in [2.45, 2.75) is 47.0 Å². The van der Waals surface area contributed by atoms with E-state index in [0.29, 0.717) is 17.1 Å². The summed E-state index contributed by atoms with van der Waals surface area (Å²) in [6, 6.07) is 4.03. The average Bonchev–Trinajstić information content (AvgIpc) is 3.00. The number of aryl methyl sites for hydroxylation is 2. The summed E-state index contributed by atoms with van der Waals surface area (Å²) in [5.41, 5.74) is 5.80. The Labute approximate surface area is 153 Å². The zero-order chi connectivity index (χ0) is 19.2. The maximum atomic E-state index is 12.2. The van der Waals surface area contributed by atoms with Gasteiger partial charge in [0.1, 0.15) is 11.3 Å². The van der Waals surface area contributed by atoms with Gasteiger partial charge in [-0.3, -0.25) is 4.68 Å². The second kappa shape index (κ2) is 6.63. The van der Waals surface area contributed by atoms with E-state index in [1.165, 1.54) is 0 Å². The fraction of sp³-hybridized carbons (Fsp3) is 0.429. The van der Waals surface area contributed by atoms with Crippen molar-refractivity contribution >= 4 is 11.0 Å². The smallest absolute Gasteiger partial charge is 0.339 e. The van der Waals surface area contributed by atoms with E-state index < -0.39 is 0 Å². The molecule has 0 radical (unpaired) electrons. The van der Waals surface area contributed by atoms with Crippen LogP contribution in [0.15, 0.2) is 21.3 Å². The Morgan fingerprint density at radius 2 is 1.92 bits per heavy atom. The lowest BCUT2D eigenvalue weighted by Gasteiger charge is -2.16. The van der Waals surface area contributed by atoms with E-state index in [-0.39, 0.29) is 5.63 Å². The van der Waals surface area contributed by atoms with Gasteiger partial charge < -0.3 is 9.15 Å². The monoisotopic (exact) mass is 354 g/mol. The molecule has 0 atom stereocenters. The maximum absolute atomic E-state index is 12.2. The predicted molar refractivity (Wildman–Crippen MR) is 104 cm³/mol. The summed E-state index contributed by atoms with van der Waals surface area (Å²) in [6.45, 7) is 10.1. The molecule has 2 heterocycles. The maximum Gasteiger partial charge on any atom is 0.339 e. The van der Waals surface area contributed by atoms with E-state index in [4.69, 9.17) is 14.3 Å². The average molecular weight is 354 g/mol. The summed E-state index contributed by atoms with van der Waals surface area (Å²) in [4.78, 5) is 12.2. The fourth-order valence-corrected chi connectivity index (χ4v) is 3.59. The van der Waals surface area contributed by atoms with Gasteiger partial charge in [-0.15, -0.1) is 0 Å². The minimum absolute atomic E-state index is 0.309. The molecule has 2 aromatic heterocycles. The van der Waals surface area contributed by atoms with Gasteiger partial charge in [-0.2, -0.15) is 5.10 Å². The first kappa shape index (κ1) is 18.2. The number of aromatic nitrogens is 2. The first-order valence-corrected chi connectivity index (χ1v) is 8.98. The molecular formula is C21H26N2O3. The molecule has 0 aliphatic heterocycles. The standard InChI is InChI=1S/C21H26N2O3/c1-8-14-15(16-10-17(11(2)3)23(6)22-16)9-18-19(20(14)25-7)12(4)13(5)21(24)26-18/h9-11H,8H2,1-7H3. The van der Waals surface area contributed by atoms with Crippen LogP contribution in [0.1, 0.15) is 49.1 Å². The summed E-state index contributed by atoms with van der Waals surface area (Å²) in [7, 11) is 3.62. The molecule has 1 aromatic carbocycles. The van der Waals surface area contributed by atoms with Crippen LogP contribution < -0.4 is 10.4 Å². The van der Waals surface area contributed by atoms with Crippen LogP contribution >= 0.6 is 0 Å². The Hall–Kier alpha value is -2.56. The molecule has 5 nitrogen and oxygen atoms in total. The SMILES string of the molecule is CCc1c(-c2cc(C(C)C)n(C)n2)cc2oc(=O)c(C)c(C)c2c1OC. The summed E-state index contributed by atoms with van der Waals surface area (Å²) >= 11 is 0. The van der Waals surface area contributed by atoms with Crippen LogP contribution in [0.2, 0.25) is 0 Å². The summed E-state index contributed by atoms with van der Waals surface area (Å²) in [5, 5.41) is 5.56. The first-order chi connectivity index (χ1) is 12.3. The van der Waals surface area contributed by atoms with Crippen LogP contribution in [0.25, 0.3) is 22.2 Å². The van der Waals surface area contributed by atoms with Crippen LogP contribution in [0, 0.1) is 13.8 Å². The third kappa shape index (κ3) is 2.71. The molecule has 3 rings (SSSR count). The van der Waals surface area contributed by atoms with E-state index in [1.807, 2.05) is 24.7 Å². The van der Waals surface area contributed by atoms with E-state index in [1.54, 1.807) is 14.0 Å². The van der Waals surface area contributed by atoms with Crippen molar-refractivity contribution in [1.82, 2.24) is 9.78 Å². The van der Waals surface area contributed by atoms with Gasteiger partial charge in [-0.05, 0) is 43.9 Å². The molecule has 0 amide bonds. The highest BCUT2D eigenvalue weighted by Crippen LogP contribution is 2.39. The largest absolute Gasteiger partial charge is 0.496 e. The summed E-state index contributed by atoms with van der Waals surface area (Å²) in [6.07, 6.45) is 0.791. The fourth-order valence-electron chi connectivity index (χ4n) is 3.59. The van der Waals surface area contributed by atoms with Crippen LogP contribution in [0.5, 0.6) is 5.75 Å². The second-order valence-corrected chi connectivity index (χ2v) is 7.03. The van der Waals surface area contributed by atoms with Crippen LogP contribution in [0.4, 0.5) is 0 Å². The zero-order valence-electron chi connectivity index (χ0n) is 16.6. The van der Waals surface area contributed by atoms with Gasteiger partial charge in [-0.1, -0.05) is 20.8 Å². The van der Waals surface area contributed by atoms with Crippen molar-refractivity contribution in [2.75, 3.05) is 7.11 Å². The lowest BCUT2D eigenvalue weighted by Crippen LogP contribution is -2.07. The normalized spacial score (nSPS) is 11.5. The van der Waals surface area contributed by atoms with E-state index in [2.05, 4.69) is 26.8 Å². The molecule has 0 aliphatic rings. The molecule has 0 unspecified atom stereocenters. The predicted octanol–water partition coefficient (Wildman–Crippen LogP) is 4.50. The molecular weight excluding hydrogens is 328 g/mol. The number of ether oxygens (including phenoxy) is 1. The highest BCUT2D eigenvalue weighted by atomic mass is 16.5. The van der Waals surface area contributed by atoms with Crippen LogP contribution in [-0.4, -0.2) is 16.9 Å². The summed E-state index contributed by atoms with van der Waals surface area (Å²) in [5.74, 6) is 1.14. The van der Waals surface area contributed by atoms with Crippen molar-refractivity contribution in [3.05, 3.63) is 44.9 Å². The first-order valence-electron chi connectivity index (χ1n) is 8.98. The van der Waals surface area contributed by atoms with Crippen molar-refractivity contribution in [1.29, 1.82) is 0 Å². The molecule has 138 valence electrons. The molecule has 0 fully saturated rings. The van der Waals surface area contributed by atoms with Crippen molar-refractivity contribution in [3.63, 3.8) is 0 Å². The summed E-state index contributed by atoms with van der Waals surface area (Å²) < 4.78 is 13.3. The molecule has 26 heavy (non-hydrogen) atoms. The number of nitrogens with zero attached hydrogens (tertiary/aromatic N) is 2. The lowest BCUT2D eigenvalue weighted by molar-refractivity contribution is 0.414. The number of rotatable bonds is 4. The molecule has 0 saturated carbocycles. The molecule has 0 spiro atoms. The molecule has 0 saturated heterocycles. The molecule has 0 N–H and O–H groups in total. The highest BCUT2D eigenvalue weighted by molar-refractivity contribution is 5.93. The van der Waals surface area contributed by atoms with E-state index in [0.717, 1.165) is 45.6 Å². The van der Waals surface area contributed by atoms with Crippen LogP contribution in [0.3, 0.4) is 0 Å². The van der Waals surface area contributed by atoms with Gasteiger partial charge in [0.15, 0.2) is 0 Å². The third-order valence-corrected chi connectivity index (χ3v) is 5.14. The Kier molecular flexibility index (Phi) is 4.65. The topological polar surface area (TPSA) is 57.3 Å². The van der Waals surface area contributed by atoms with Crippen molar-refractivity contribution in [2.24, 2.45) is 7.05 Å². The second-order valence-electron chi connectivity index (χ2n) is 7.03. The van der Waals surface area contributed by atoms with Gasteiger partial charge >= 0.3 is 5.63 Å². The highest BCUT2D eigenvalue weighted by Gasteiger charge is 2.21. The van der Waals surface area contributed by atoms with Gasteiger partial charge in [0.2, 0.25) is 0 Å². The zero-order valence-corrected chi connectivity index (χ0v) is 16.6. The quantitative estimate of drug-likeness (QED) is 0.647. The Morgan fingerprint density at radius 3 is 2.46 bits per heavy atom. The Morgan fingerprint density at radius 1 is 1.23 bits per heavy atom. The Balaban J connectivity index is 2.42. The van der Waals surface area contributed by atoms with Gasteiger partial charge in [0.25, 0.3) is 0 Å². The van der Waals surface area contributed by atoms with Crippen molar-refractivity contribution < 1.29 is 9.15 Å². The van der Waals surface area contributed by atoms with Gasteiger partial charge in [-0.25, -0.2) is 4.79 Å². The Bertz CT molecular complexity index is 1040. The minimum atomic E-state index is -0.309. The molecule has 0 aliphatic carbocycles. The van der Waals surface area contributed by atoms with Crippen LogP contribution in [-0.2, 0) is 13.5 Å².